The average Bonchev–Trinajstić information content (AvgIpc) is 3.37. The molecule has 6 rings (SSSR count). The smallest absolute Gasteiger partial charge is 0.247 e. The van der Waals surface area contributed by atoms with Crippen LogP contribution in [0.1, 0.15) is 23.6 Å². The van der Waals surface area contributed by atoms with Gasteiger partial charge in [0.2, 0.25) is 16.0 Å². The maximum atomic E-state index is 15.3. The van der Waals surface area contributed by atoms with Crippen LogP contribution in [0.15, 0.2) is 96.1 Å². The minimum Gasteiger partial charge on any atom is -0.284 e. The number of nitrogens with one attached hydrogen (secondary N) is 1. The van der Waals surface area contributed by atoms with Crippen LogP contribution in [0, 0.1) is 5.82 Å². The summed E-state index contributed by atoms with van der Waals surface area (Å²) in [5.74, 6) is -0.194. The number of hydrazone groups is 1. The number of sulfonamides is 1. The van der Waals surface area contributed by atoms with Crippen LogP contribution >= 0.6 is 23.2 Å². The monoisotopic (exact) mass is 605 g/mol. The normalized spacial score (nSPS) is 15.3. The van der Waals surface area contributed by atoms with E-state index in [2.05, 4.69) is 4.72 Å². The van der Waals surface area contributed by atoms with Gasteiger partial charge in [0.1, 0.15) is 5.82 Å². The summed E-state index contributed by atoms with van der Waals surface area (Å²) in [4.78, 5) is 9.73. The van der Waals surface area contributed by atoms with Crippen molar-refractivity contribution in [3.05, 3.63) is 118 Å². The average molecular weight is 607 g/mol. The van der Waals surface area contributed by atoms with E-state index in [-0.39, 0.29) is 16.5 Å². The van der Waals surface area contributed by atoms with Gasteiger partial charge in [-0.1, -0.05) is 71.7 Å². The number of hydrogen-bond acceptors (Lipinski definition) is 6. The SMILES string of the molecule is CS(=O)(=O)Nc1ccc(C2=NN(c3nc(-c4ccccc4)c4cc(Cl)ccc4n3)[C@@H](c3c(F)cccc3Cl)C2)cc1. The molecule has 1 aliphatic heterocycles. The molecule has 0 fully saturated rings. The zero-order valence-corrected chi connectivity index (χ0v) is 23.9. The Balaban J connectivity index is 1.51. The number of halogens is 3. The van der Waals surface area contributed by atoms with Crippen molar-refractivity contribution >= 4 is 61.5 Å². The molecule has 7 nitrogen and oxygen atoms in total. The van der Waals surface area contributed by atoms with Crippen molar-refractivity contribution in [3.63, 3.8) is 0 Å². The molecule has 0 saturated carbocycles. The van der Waals surface area contributed by atoms with Crippen LogP contribution in [0.4, 0.5) is 16.0 Å². The fourth-order valence-electron chi connectivity index (χ4n) is 4.87. The van der Waals surface area contributed by atoms with Crippen molar-refractivity contribution in [3.8, 4) is 11.3 Å². The van der Waals surface area contributed by atoms with E-state index in [0.29, 0.717) is 34.1 Å². The summed E-state index contributed by atoms with van der Waals surface area (Å²) in [6.07, 6.45) is 1.39. The molecule has 0 spiro atoms. The summed E-state index contributed by atoms with van der Waals surface area (Å²) >= 11 is 12.9. The molecule has 0 unspecified atom stereocenters. The van der Waals surface area contributed by atoms with Crippen molar-refractivity contribution in [1.29, 1.82) is 0 Å². The molecule has 206 valence electrons. The Kier molecular flexibility index (Phi) is 7.11. The van der Waals surface area contributed by atoms with Gasteiger partial charge < -0.3 is 0 Å². The van der Waals surface area contributed by atoms with Gasteiger partial charge in [0.25, 0.3) is 0 Å². The zero-order valence-electron chi connectivity index (χ0n) is 21.6. The molecule has 2 heterocycles. The summed E-state index contributed by atoms with van der Waals surface area (Å²) in [7, 11) is -3.43. The van der Waals surface area contributed by atoms with Crippen molar-refractivity contribution < 1.29 is 12.8 Å². The second-order valence-electron chi connectivity index (χ2n) is 9.60. The van der Waals surface area contributed by atoms with E-state index in [0.717, 1.165) is 22.8 Å². The van der Waals surface area contributed by atoms with Crippen LogP contribution in [0.25, 0.3) is 22.2 Å². The number of aromatic nitrogens is 2. The summed E-state index contributed by atoms with van der Waals surface area (Å²) in [5, 5.41) is 8.05. The minimum atomic E-state index is -3.43. The molecule has 0 saturated heterocycles. The van der Waals surface area contributed by atoms with Crippen LogP contribution in [0.2, 0.25) is 10.0 Å². The third-order valence-electron chi connectivity index (χ3n) is 6.66. The standard InChI is InChI=1S/C30H22Cl2FN5O2S/c1-41(39,40)37-21-13-10-18(11-14-21)26-17-27(28-23(32)8-5-9-24(28)33)38(36-26)30-34-25-15-12-20(31)16-22(25)29(35-30)19-6-3-2-4-7-19/h2-16,27,37H,17H2,1H3/t27-/m1/s1. The first-order valence-electron chi connectivity index (χ1n) is 12.6. The maximum Gasteiger partial charge on any atom is 0.247 e. The molecule has 1 N–H and O–H groups in total. The highest BCUT2D eigenvalue weighted by atomic mass is 35.5. The fourth-order valence-corrected chi connectivity index (χ4v) is 5.90. The largest absolute Gasteiger partial charge is 0.284 e. The molecule has 1 aromatic heterocycles. The fraction of sp³-hybridized carbons (Fsp3) is 0.100. The lowest BCUT2D eigenvalue weighted by atomic mass is 9.98. The van der Waals surface area contributed by atoms with Gasteiger partial charge >= 0.3 is 0 Å². The maximum absolute atomic E-state index is 15.3. The lowest BCUT2D eigenvalue weighted by Crippen LogP contribution is -2.22. The molecule has 5 aromatic rings. The highest BCUT2D eigenvalue weighted by molar-refractivity contribution is 7.92. The van der Waals surface area contributed by atoms with Gasteiger partial charge in [-0.05, 0) is 48.0 Å². The van der Waals surface area contributed by atoms with Crippen molar-refractivity contribution in [2.75, 3.05) is 16.0 Å². The van der Waals surface area contributed by atoms with Gasteiger partial charge in [0, 0.05) is 38.7 Å². The first-order valence-corrected chi connectivity index (χ1v) is 15.2. The van der Waals surface area contributed by atoms with Crippen LogP contribution in [-0.4, -0.2) is 30.4 Å². The number of benzene rings is 4. The van der Waals surface area contributed by atoms with E-state index in [4.69, 9.17) is 38.3 Å². The van der Waals surface area contributed by atoms with E-state index in [1.807, 2.05) is 42.5 Å². The number of anilines is 2. The van der Waals surface area contributed by atoms with Gasteiger partial charge in [-0.15, -0.1) is 0 Å². The molecular weight excluding hydrogens is 584 g/mol. The summed E-state index contributed by atoms with van der Waals surface area (Å²) in [5.41, 5.74) is 4.25. The number of hydrogen-bond donors (Lipinski definition) is 1. The Morgan fingerprint density at radius 1 is 0.902 bits per heavy atom. The molecule has 11 heteroatoms. The lowest BCUT2D eigenvalue weighted by molar-refractivity contribution is 0.576. The zero-order chi connectivity index (χ0) is 28.7. The molecule has 41 heavy (non-hydrogen) atoms. The van der Waals surface area contributed by atoms with Gasteiger partial charge in [-0.3, -0.25) is 4.72 Å². The first kappa shape index (κ1) is 27.1. The molecular formula is C30H22Cl2FN5O2S. The Hall–Kier alpha value is -4.05. The van der Waals surface area contributed by atoms with Gasteiger partial charge in [-0.2, -0.15) is 5.10 Å². The van der Waals surface area contributed by atoms with Crippen molar-refractivity contribution in [2.24, 2.45) is 5.10 Å². The van der Waals surface area contributed by atoms with E-state index < -0.39 is 21.9 Å². The van der Waals surface area contributed by atoms with Gasteiger partial charge in [0.05, 0.1) is 29.2 Å². The molecule has 1 atom stereocenters. The van der Waals surface area contributed by atoms with E-state index in [1.165, 1.54) is 6.07 Å². The van der Waals surface area contributed by atoms with Crippen LogP contribution < -0.4 is 9.73 Å². The first-order chi connectivity index (χ1) is 19.7. The van der Waals surface area contributed by atoms with E-state index in [9.17, 15) is 8.42 Å². The van der Waals surface area contributed by atoms with Crippen molar-refractivity contribution in [2.45, 2.75) is 12.5 Å². The number of rotatable bonds is 6. The Morgan fingerprint density at radius 3 is 2.37 bits per heavy atom. The van der Waals surface area contributed by atoms with Crippen LogP contribution in [0.5, 0.6) is 0 Å². The van der Waals surface area contributed by atoms with E-state index >= 15 is 4.39 Å². The third kappa shape index (κ3) is 5.61. The van der Waals surface area contributed by atoms with Crippen molar-refractivity contribution in [1.82, 2.24) is 9.97 Å². The minimum absolute atomic E-state index is 0.264. The molecule has 1 aliphatic rings. The Morgan fingerprint density at radius 2 is 1.66 bits per heavy atom. The molecule has 4 aromatic carbocycles. The lowest BCUT2D eigenvalue weighted by Gasteiger charge is -2.24. The predicted molar refractivity (Wildman–Crippen MR) is 163 cm³/mol. The Bertz CT molecular complexity index is 1900. The highest BCUT2D eigenvalue weighted by Crippen LogP contribution is 2.41. The quantitative estimate of drug-likeness (QED) is 0.217. The Labute approximate surface area is 246 Å². The number of nitrogens with zero attached hydrogens (tertiary/aromatic N) is 4. The van der Waals surface area contributed by atoms with Gasteiger partial charge in [-0.25, -0.2) is 27.8 Å². The topological polar surface area (TPSA) is 87.5 Å². The van der Waals surface area contributed by atoms with E-state index in [1.54, 1.807) is 47.5 Å². The third-order valence-corrected chi connectivity index (χ3v) is 7.83. The summed E-state index contributed by atoms with van der Waals surface area (Å²) in [6, 6.07) is 25.8. The number of fused-ring (bicyclic) bond motifs is 1. The summed E-state index contributed by atoms with van der Waals surface area (Å²) in [6.45, 7) is 0. The van der Waals surface area contributed by atoms with Crippen LogP contribution in [-0.2, 0) is 10.0 Å². The molecule has 0 aliphatic carbocycles. The van der Waals surface area contributed by atoms with Crippen LogP contribution in [0.3, 0.4) is 0 Å². The molecule has 0 amide bonds. The predicted octanol–water partition coefficient (Wildman–Crippen LogP) is 7.47. The molecule has 0 bridgehead atoms. The second kappa shape index (κ2) is 10.7. The second-order valence-corrected chi connectivity index (χ2v) is 12.2. The summed E-state index contributed by atoms with van der Waals surface area (Å²) < 4.78 is 41.0. The highest BCUT2D eigenvalue weighted by Gasteiger charge is 2.35. The van der Waals surface area contributed by atoms with Gasteiger partial charge in [0.15, 0.2) is 0 Å². The molecule has 0 radical (unpaired) electrons.